The Morgan fingerprint density at radius 2 is 1.17 bits per heavy atom. The largest absolute Gasteiger partial charge is 0.350 e. The van der Waals surface area contributed by atoms with E-state index in [2.05, 4.69) is 24.5 Å². The van der Waals surface area contributed by atoms with E-state index < -0.39 is 0 Å². The van der Waals surface area contributed by atoms with Crippen LogP contribution in [-0.4, -0.2) is 66.2 Å². The minimum absolute atomic E-state index is 0.0131. The highest BCUT2D eigenvalue weighted by molar-refractivity contribution is 5.77. The predicted molar refractivity (Wildman–Crippen MR) is 117 cm³/mol. The van der Waals surface area contributed by atoms with Gasteiger partial charge < -0.3 is 20.8 Å². The number of carbonyl (C=O) groups is 2. The van der Waals surface area contributed by atoms with Crippen molar-refractivity contribution in [2.45, 2.75) is 65.2 Å². The zero-order valence-electron chi connectivity index (χ0n) is 18.4. The quantitative estimate of drug-likeness (QED) is 0.120. The monoisotopic (exact) mass is 412 g/mol. The maximum atomic E-state index is 11.9. The molecule has 2 amide bonds. The van der Waals surface area contributed by atoms with Gasteiger partial charge in [-0.05, 0) is 12.8 Å². The molecule has 4 N–H and O–H groups in total. The molecule has 0 bridgehead atoms. The summed E-state index contributed by atoms with van der Waals surface area (Å²) >= 11 is 0. The number of carbonyl (C=O) groups excluding carboxylic acids is 2. The zero-order valence-corrected chi connectivity index (χ0v) is 18.4. The van der Waals surface area contributed by atoms with Gasteiger partial charge in [0.15, 0.2) is 13.5 Å². The molecule has 0 aromatic heterocycles. The van der Waals surface area contributed by atoms with Crippen LogP contribution in [0.2, 0.25) is 0 Å². The Labute approximate surface area is 176 Å². The summed E-state index contributed by atoms with van der Waals surface area (Å²) in [4.78, 5) is 23.7. The third-order valence-corrected chi connectivity index (χ3v) is 4.81. The van der Waals surface area contributed by atoms with Crippen LogP contribution >= 0.6 is 0 Å². The highest BCUT2D eigenvalue weighted by atomic mass is 16.3. The van der Waals surface area contributed by atoms with E-state index in [1.165, 1.54) is 0 Å². The third-order valence-electron chi connectivity index (χ3n) is 4.81. The van der Waals surface area contributed by atoms with Gasteiger partial charge >= 0.3 is 0 Å². The summed E-state index contributed by atoms with van der Waals surface area (Å²) in [6, 6.07) is 0. The van der Waals surface area contributed by atoms with Crippen LogP contribution in [0.5, 0.6) is 0 Å². The minimum Gasteiger partial charge on any atom is -0.350 e. The molecule has 7 heteroatoms. The van der Waals surface area contributed by atoms with Gasteiger partial charge in [0.2, 0.25) is 11.8 Å². The van der Waals surface area contributed by atoms with Gasteiger partial charge in [-0.2, -0.15) is 0 Å². The molecular formula is C22H42N3O4+. The Hall–Kier alpha value is -1.70. The summed E-state index contributed by atoms with van der Waals surface area (Å²) in [6.07, 6.45) is 14.9. The first-order valence-corrected chi connectivity index (χ1v) is 10.9. The second-order valence-corrected chi connectivity index (χ2v) is 7.41. The molecule has 0 saturated heterocycles. The zero-order chi connectivity index (χ0) is 21.8. The summed E-state index contributed by atoms with van der Waals surface area (Å²) in [7, 11) is 0. The number of nitrogens with zero attached hydrogens (tertiary/aromatic N) is 1. The van der Waals surface area contributed by atoms with Crippen LogP contribution < -0.4 is 10.6 Å². The molecule has 0 fully saturated rings. The normalized spacial score (nSPS) is 12.0. The van der Waals surface area contributed by atoms with Crippen molar-refractivity contribution < 1.29 is 24.3 Å². The van der Waals surface area contributed by atoms with Gasteiger partial charge in [-0.15, -0.1) is 0 Å². The summed E-state index contributed by atoms with van der Waals surface area (Å²) in [5.74, 6) is -0.148. The number of hydrogen-bond acceptors (Lipinski definition) is 4. The van der Waals surface area contributed by atoms with Crippen molar-refractivity contribution in [2.24, 2.45) is 0 Å². The molecule has 0 radical (unpaired) electrons. The van der Waals surface area contributed by atoms with Crippen molar-refractivity contribution in [1.29, 1.82) is 0 Å². The van der Waals surface area contributed by atoms with Crippen molar-refractivity contribution in [1.82, 2.24) is 10.6 Å². The second-order valence-electron chi connectivity index (χ2n) is 7.41. The van der Waals surface area contributed by atoms with Crippen LogP contribution in [0.25, 0.3) is 0 Å². The average Bonchev–Trinajstić information content (AvgIpc) is 2.72. The molecule has 0 aliphatic heterocycles. The Bertz CT molecular complexity index is 448. The van der Waals surface area contributed by atoms with Gasteiger partial charge in [-0.3, -0.25) is 14.1 Å². The smallest absolute Gasteiger partial charge is 0.224 e. The number of unbranched alkanes of at least 4 members (excludes halogenated alkanes) is 4. The molecule has 0 aromatic rings. The van der Waals surface area contributed by atoms with Crippen LogP contribution in [0.15, 0.2) is 24.3 Å². The molecule has 0 aromatic carbocycles. The Morgan fingerprint density at radius 3 is 1.52 bits per heavy atom. The lowest BCUT2D eigenvalue weighted by atomic mass is 10.2. The van der Waals surface area contributed by atoms with Crippen molar-refractivity contribution in [3.8, 4) is 0 Å². The summed E-state index contributed by atoms with van der Waals surface area (Å²) in [5, 5.41) is 25.1. The third kappa shape index (κ3) is 14.9. The van der Waals surface area contributed by atoms with E-state index >= 15 is 0 Å². The van der Waals surface area contributed by atoms with Crippen molar-refractivity contribution in [3.63, 3.8) is 0 Å². The summed E-state index contributed by atoms with van der Waals surface area (Å²) < 4.78 is 0.0131. The molecule has 29 heavy (non-hydrogen) atoms. The highest BCUT2D eigenvalue weighted by Crippen LogP contribution is 2.03. The number of amides is 2. The topological polar surface area (TPSA) is 98.7 Å². The number of nitrogens with one attached hydrogen (secondary N) is 2. The lowest BCUT2D eigenvalue weighted by Gasteiger charge is -2.34. The molecule has 7 nitrogen and oxygen atoms in total. The van der Waals surface area contributed by atoms with Crippen LogP contribution in [0, 0.1) is 0 Å². The average molecular weight is 413 g/mol. The van der Waals surface area contributed by atoms with Gasteiger partial charge in [0.1, 0.15) is 0 Å². The number of hydrogen-bond donors (Lipinski definition) is 4. The van der Waals surface area contributed by atoms with Crippen molar-refractivity contribution >= 4 is 11.8 Å². The molecule has 0 atom stereocenters. The molecule has 0 aliphatic rings. The van der Waals surface area contributed by atoms with Gasteiger partial charge in [-0.25, -0.2) is 0 Å². The minimum atomic E-state index is -0.254. The van der Waals surface area contributed by atoms with Crippen LogP contribution in [0.3, 0.4) is 0 Å². The van der Waals surface area contributed by atoms with Crippen molar-refractivity contribution in [2.75, 3.05) is 39.6 Å². The molecular weight excluding hydrogens is 370 g/mol. The first kappa shape index (κ1) is 27.3. The first-order valence-electron chi connectivity index (χ1n) is 10.9. The Morgan fingerprint density at radius 1 is 0.759 bits per heavy atom. The van der Waals surface area contributed by atoms with Gasteiger partial charge in [-0.1, -0.05) is 63.8 Å². The van der Waals surface area contributed by atoms with Gasteiger partial charge in [0.05, 0.1) is 26.2 Å². The summed E-state index contributed by atoms with van der Waals surface area (Å²) in [6.45, 7) is 5.26. The molecule has 0 heterocycles. The maximum Gasteiger partial charge on any atom is 0.224 e. The van der Waals surface area contributed by atoms with E-state index in [4.69, 9.17) is 0 Å². The van der Waals surface area contributed by atoms with E-state index in [1.807, 2.05) is 24.3 Å². The number of allylic oxidation sites excluding steroid dienone is 2. The van der Waals surface area contributed by atoms with E-state index in [0.717, 1.165) is 38.5 Å². The molecule has 0 saturated carbocycles. The van der Waals surface area contributed by atoms with E-state index in [0.29, 0.717) is 39.0 Å². The molecule has 0 unspecified atom stereocenters. The van der Waals surface area contributed by atoms with Crippen LogP contribution in [-0.2, 0) is 9.59 Å². The van der Waals surface area contributed by atoms with Gasteiger partial charge in [0, 0.05) is 12.8 Å². The number of quaternary nitrogens is 1. The first-order chi connectivity index (χ1) is 14.0. The second kappa shape index (κ2) is 18.3. The highest BCUT2D eigenvalue weighted by Gasteiger charge is 2.25. The van der Waals surface area contributed by atoms with E-state index in [1.54, 1.807) is 0 Å². The SMILES string of the molecule is CCCC/C=C/CC(=O)NCC[N+](CO)(CO)CCNC(=O)C/C=C/CCCC. The molecule has 0 spiro atoms. The Balaban J connectivity index is 4.16. The Kier molecular flexibility index (Phi) is 17.3. The van der Waals surface area contributed by atoms with E-state index in [-0.39, 0.29) is 29.8 Å². The van der Waals surface area contributed by atoms with Crippen LogP contribution in [0.4, 0.5) is 0 Å². The fraction of sp³-hybridized carbons (Fsp3) is 0.727. The molecule has 0 aliphatic carbocycles. The van der Waals surface area contributed by atoms with Crippen molar-refractivity contribution in [3.05, 3.63) is 24.3 Å². The van der Waals surface area contributed by atoms with Gasteiger partial charge in [0.25, 0.3) is 0 Å². The number of aliphatic hydroxyl groups is 2. The lowest BCUT2D eigenvalue weighted by molar-refractivity contribution is -0.959. The standard InChI is InChI=1S/C22H41N3O4/c1-3-5-7-9-11-13-21(28)23-15-17-25(19-26,20-27)18-16-24-22(29)14-12-10-8-6-4-2/h9-12,26-27H,3-8,13-20H2,1-2H3,(H-,23,24,28,29)/p+1/b11-9+,12-10+. The fourth-order valence-electron chi connectivity index (χ4n) is 2.71. The maximum absolute atomic E-state index is 11.9. The fourth-order valence-corrected chi connectivity index (χ4v) is 2.71. The van der Waals surface area contributed by atoms with E-state index in [9.17, 15) is 19.8 Å². The number of rotatable bonds is 18. The molecule has 168 valence electrons. The van der Waals surface area contributed by atoms with Crippen LogP contribution in [0.1, 0.15) is 65.2 Å². The lowest BCUT2D eigenvalue weighted by Crippen LogP contribution is -2.56. The summed E-state index contributed by atoms with van der Waals surface area (Å²) in [5.41, 5.74) is 0. The molecule has 0 rings (SSSR count). The predicted octanol–water partition coefficient (Wildman–Crippen LogP) is 2.21. The number of aliphatic hydroxyl groups excluding tert-OH is 2.